The highest BCUT2D eigenvalue weighted by Crippen LogP contribution is 2.35. The fourth-order valence-corrected chi connectivity index (χ4v) is 3.42. The third-order valence-electron chi connectivity index (χ3n) is 4.29. The van der Waals surface area contributed by atoms with Crippen molar-refractivity contribution in [3.8, 4) is 17.6 Å². The summed E-state index contributed by atoms with van der Waals surface area (Å²) >= 11 is 18.2. The lowest BCUT2D eigenvalue weighted by molar-refractivity contribution is 0.0946. The Morgan fingerprint density at radius 3 is 2.78 bits per heavy atom. The summed E-state index contributed by atoms with van der Waals surface area (Å²) in [6, 6.07) is 9.46. The zero-order chi connectivity index (χ0) is 23.3. The molecule has 0 saturated carbocycles. The molecule has 0 aliphatic heterocycles. The van der Waals surface area contributed by atoms with Crippen LogP contribution in [-0.2, 0) is 13.0 Å². The number of amides is 1. The molecule has 10 heteroatoms. The van der Waals surface area contributed by atoms with E-state index in [-0.39, 0.29) is 39.5 Å². The number of aryl methyl sites for hydroxylation is 1. The molecule has 1 amide bonds. The molecule has 3 aromatic rings. The Morgan fingerprint density at radius 1 is 1.31 bits per heavy atom. The number of ether oxygens (including phenoxy) is 1. The van der Waals surface area contributed by atoms with Gasteiger partial charge in [-0.25, -0.2) is 9.37 Å². The minimum atomic E-state index is -0.741. The van der Waals surface area contributed by atoms with Gasteiger partial charge in [0.25, 0.3) is 5.91 Å². The minimum absolute atomic E-state index is 0.0336. The molecule has 1 aromatic heterocycles. The highest BCUT2D eigenvalue weighted by atomic mass is 35.5. The summed E-state index contributed by atoms with van der Waals surface area (Å²) in [5.74, 6) is -0.714. The fraction of sp³-hybridized carbons (Fsp3) is 0.136. The largest absolute Gasteiger partial charge is 0.453 e. The first-order valence-corrected chi connectivity index (χ1v) is 10.5. The number of carbonyl (C=O) groups is 1. The molecule has 0 aliphatic carbocycles. The number of aromatic nitrogens is 2. The normalized spacial score (nSPS) is 10.9. The molecule has 0 spiro atoms. The molecule has 32 heavy (non-hydrogen) atoms. The Labute approximate surface area is 198 Å². The molecule has 0 bridgehead atoms. The Hall–Kier alpha value is -3.05. The molecule has 0 saturated heterocycles. The predicted molar refractivity (Wildman–Crippen MR) is 122 cm³/mol. The molecule has 0 atom stereocenters. The molecular formula is C22H16Cl3FN4O2. The van der Waals surface area contributed by atoms with Crippen molar-refractivity contribution in [1.29, 1.82) is 5.26 Å². The highest BCUT2D eigenvalue weighted by Gasteiger charge is 2.19. The number of imidazole rings is 1. The first-order valence-electron chi connectivity index (χ1n) is 9.36. The molecule has 0 fully saturated rings. The molecule has 164 valence electrons. The number of H-pyrrole nitrogens is 1. The fourth-order valence-electron chi connectivity index (χ4n) is 2.77. The van der Waals surface area contributed by atoms with E-state index in [1.165, 1.54) is 30.4 Å². The van der Waals surface area contributed by atoms with E-state index in [4.69, 9.17) is 44.8 Å². The molecule has 1 heterocycles. The number of hydrogen-bond acceptors (Lipinski definition) is 4. The molecule has 2 N–H and O–H groups in total. The molecular weight excluding hydrogens is 478 g/mol. The van der Waals surface area contributed by atoms with Crippen molar-refractivity contribution >= 4 is 46.8 Å². The van der Waals surface area contributed by atoms with Gasteiger partial charge in [0, 0.05) is 29.6 Å². The third-order valence-corrected chi connectivity index (χ3v) is 5.08. The average Bonchev–Trinajstić information content (AvgIpc) is 3.15. The van der Waals surface area contributed by atoms with Gasteiger partial charge >= 0.3 is 0 Å². The van der Waals surface area contributed by atoms with Crippen LogP contribution in [0.3, 0.4) is 0 Å². The van der Waals surface area contributed by atoms with Crippen LogP contribution < -0.4 is 10.1 Å². The molecule has 6 nitrogen and oxygen atoms in total. The first-order chi connectivity index (χ1) is 15.3. The quantitative estimate of drug-likeness (QED) is 0.376. The van der Waals surface area contributed by atoms with Gasteiger partial charge in [-0.2, -0.15) is 5.26 Å². The lowest BCUT2D eigenvalue weighted by Gasteiger charge is -2.13. The number of benzene rings is 2. The second-order valence-corrected chi connectivity index (χ2v) is 7.74. The number of halogens is 4. The van der Waals surface area contributed by atoms with Crippen LogP contribution in [-0.4, -0.2) is 15.9 Å². The van der Waals surface area contributed by atoms with Gasteiger partial charge in [-0.3, -0.25) is 4.79 Å². The summed E-state index contributed by atoms with van der Waals surface area (Å²) in [5, 5.41) is 11.8. The maximum Gasteiger partial charge on any atom is 0.273 e. The Bertz CT molecular complexity index is 1230. The summed E-state index contributed by atoms with van der Waals surface area (Å²) in [4.78, 5) is 19.3. The van der Waals surface area contributed by atoms with Gasteiger partial charge in [-0.05, 0) is 35.9 Å². The van der Waals surface area contributed by atoms with Gasteiger partial charge < -0.3 is 15.0 Å². The maximum atomic E-state index is 15.1. The number of hydrogen-bond donors (Lipinski definition) is 2. The monoisotopic (exact) mass is 492 g/mol. The minimum Gasteiger partial charge on any atom is -0.453 e. The summed E-state index contributed by atoms with van der Waals surface area (Å²) in [6.07, 6.45) is 3.39. The summed E-state index contributed by atoms with van der Waals surface area (Å²) in [7, 11) is 0. The van der Waals surface area contributed by atoms with Gasteiger partial charge in [-0.1, -0.05) is 47.8 Å². The van der Waals surface area contributed by atoms with Crippen LogP contribution in [0.4, 0.5) is 4.39 Å². The number of nitrogens with zero attached hydrogens (tertiary/aromatic N) is 2. The van der Waals surface area contributed by atoms with E-state index in [0.29, 0.717) is 22.8 Å². The smallest absolute Gasteiger partial charge is 0.273 e. The van der Waals surface area contributed by atoms with Crippen LogP contribution in [0, 0.1) is 17.1 Å². The van der Waals surface area contributed by atoms with Crippen LogP contribution in [0.1, 0.15) is 34.4 Å². The second kappa shape index (κ2) is 10.5. The number of nitrogens with one attached hydrogen (secondary N) is 2. The van der Waals surface area contributed by atoms with Crippen LogP contribution in [0.15, 0.2) is 36.4 Å². The SMILES string of the molecule is CCc1nc(C(=O)NCc2ccc(Cl)c(Oc3cc(Cl)cc(/C=C/C#N)c3)c2F)c(Cl)[nH]1. The predicted octanol–water partition coefficient (Wildman–Crippen LogP) is 6.33. The summed E-state index contributed by atoms with van der Waals surface area (Å²) in [5.41, 5.74) is 0.773. The van der Waals surface area contributed by atoms with Crippen LogP contribution in [0.2, 0.25) is 15.2 Å². The average molecular weight is 494 g/mol. The highest BCUT2D eigenvalue weighted by molar-refractivity contribution is 6.32. The zero-order valence-corrected chi connectivity index (χ0v) is 18.9. The summed E-state index contributed by atoms with van der Waals surface area (Å²) in [6.45, 7) is 1.72. The number of rotatable bonds is 7. The van der Waals surface area contributed by atoms with E-state index < -0.39 is 11.7 Å². The first kappa shape index (κ1) is 23.6. The Morgan fingerprint density at radius 2 is 2.09 bits per heavy atom. The molecule has 2 aromatic carbocycles. The van der Waals surface area contributed by atoms with Crippen molar-refractivity contribution in [3.05, 3.63) is 80.1 Å². The van der Waals surface area contributed by atoms with Crippen LogP contribution in [0.25, 0.3) is 6.08 Å². The van der Waals surface area contributed by atoms with E-state index >= 15 is 4.39 Å². The Kier molecular flexibility index (Phi) is 7.75. The number of allylic oxidation sites excluding steroid dienone is 1. The molecule has 3 rings (SSSR count). The lowest BCUT2D eigenvalue weighted by atomic mass is 10.1. The van der Waals surface area contributed by atoms with Crippen molar-refractivity contribution in [1.82, 2.24) is 15.3 Å². The van der Waals surface area contributed by atoms with Crippen molar-refractivity contribution < 1.29 is 13.9 Å². The van der Waals surface area contributed by atoms with Crippen molar-refractivity contribution in [3.63, 3.8) is 0 Å². The van der Waals surface area contributed by atoms with E-state index in [1.807, 2.05) is 13.0 Å². The molecule has 0 unspecified atom stereocenters. The molecule has 0 radical (unpaired) electrons. The zero-order valence-electron chi connectivity index (χ0n) is 16.7. The van der Waals surface area contributed by atoms with Gasteiger partial charge in [0.15, 0.2) is 17.3 Å². The van der Waals surface area contributed by atoms with E-state index in [2.05, 4.69) is 15.3 Å². The maximum absolute atomic E-state index is 15.1. The third kappa shape index (κ3) is 5.60. The number of aromatic amines is 1. The topological polar surface area (TPSA) is 90.8 Å². The summed E-state index contributed by atoms with van der Waals surface area (Å²) < 4.78 is 20.8. The molecule has 0 aliphatic rings. The Balaban J connectivity index is 1.81. The van der Waals surface area contributed by atoms with Crippen LogP contribution in [0.5, 0.6) is 11.5 Å². The van der Waals surface area contributed by atoms with Crippen molar-refractivity contribution in [2.24, 2.45) is 0 Å². The van der Waals surface area contributed by atoms with Gasteiger partial charge in [0.1, 0.15) is 16.7 Å². The standard InChI is InChI=1S/C22H16Cl3FN4O2/c1-2-17-29-19(21(25)30-17)22(31)28-11-13-5-6-16(24)20(18(13)26)32-15-9-12(4-3-7-27)8-14(23)10-15/h3-6,8-10H,2,11H2,1H3,(H,28,31)(H,29,30)/b4-3+. The number of nitriles is 1. The van der Waals surface area contributed by atoms with E-state index in [9.17, 15) is 4.79 Å². The van der Waals surface area contributed by atoms with Gasteiger partial charge in [-0.15, -0.1) is 0 Å². The van der Waals surface area contributed by atoms with Crippen molar-refractivity contribution in [2.75, 3.05) is 0 Å². The second-order valence-electron chi connectivity index (χ2n) is 6.52. The van der Waals surface area contributed by atoms with E-state index in [1.54, 1.807) is 12.1 Å². The number of carbonyl (C=O) groups excluding carboxylic acids is 1. The van der Waals surface area contributed by atoms with Gasteiger partial charge in [0.2, 0.25) is 0 Å². The van der Waals surface area contributed by atoms with Crippen molar-refractivity contribution in [2.45, 2.75) is 19.9 Å². The van der Waals surface area contributed by atoms with Gasteiger partial charge in [0.05, 0.1) is 11.1 Å². The van der Waals surface area contributed by atoms with E-state index in [0.717, 1.165) is 0 Å². The lowest BCUT2D eigenvalue weighted by Crippen LogP contribution is -2.24. The van der Waals surface area contributed by atoms with Crippen LogP contribution >= 0.6 is 34.8 Å².